The first-order valence-electron chi connectivity index (χ1n) is 9.61. The fourth-order valence-corrected chi connectivity index (χ4v) is 5.50. The minimum Gasteiger partial charge on any atom is -0.370 e. The molecule has 3 heterocycles. The lowest BCUT2D eigenvalue weighted by Gasteiger charge is -2.32. The summed E-state index contributed by atoms with van der Waals surface area (Å²) in [5.41, 5.74) is 0.888. The average Bonchev–Trinajstić information content (AvgIpc) is 3.31. The summed E-state index contributed by atoms with van der Waals surface area (Å²) in [5, 5.41) is 5.08. The van der Waals surface area contributed by atoms with Crippen molar-refractivity contribution in [2.75, 3.05) is 26.2 Å². The van der Waals surface area contributed by atoms with Crippen molar-refractivity contribution in [3.8, 4) is 0 Å². The van der Waals surface area contributed by atoms with E-state index in [0.29, 0.717) is 37.5 Å². The number of thiazole rings is 1. The second-order valence-corrected chi connectivity index (χ2v) is 9.41. The zero-order valence-electron chi connectivity index (χ0n) is 16.4. The lowest BCUT2D eigenvalue weighted by molar-refractivity contribution is -0.136. The normalized spacial score (nSPS) is 16.9. The van der Waals surface area contributed by atoms with Crippen molar-refractivity contribution in [2.24, 2.45) is 0 Å². The number of aromatic nitrogens is 1. The van der Waals surface area contributed by atoms with Crippen molar-refractivity contribution < 1.29 is 14.3 Å². The summed E-state index contributed by atoms with van der Waals surface area (Å²) < 4.78 is 7.05. The quantitative estimate of drug-likeness (QED) is 0.673. The fourth-order valence-electron chi connectivity index (χ4n) is 3.54. The number of amides is 2. The van der Waals surface area contributed by atoms with Crippen molar-refractivity contribution in [3.05, 3.63) is 50.8 Å². The summed E-state index contributed by atoms with van der Waals surface area (Å²) in [5.74, 6) is -0.0689. The highest BCUT2D eigenvalue weighted by Gasteiger charge is 2.30. The molecule has 1 aromatic carbocycles. The second-order valence-electron chi connectivity index (χ2n) is 7.04. The minimum absolute atomic E-state index is 0.0302. The van der Waals surface area contributed by atoms with Gasteiger partial charge < -0.3 is 15.0 Å². The van der Waals surface area contributed by atoms with Gasteiger partial charge in [-0.25, -0.2) is 4.98 Å². The Hall–Kier alpha value is -2.29. The number of morpholine rings is 1. The van der Waals surface area contributed by atoms with Crippen LogP contribution in [0.5, 0.6) is 0 Å². The number of benzene rings is 1. The molecule has 1 unspecified atom stereocenters. The maximum Gasteiger partial charge on any atom is 0.261 e. The number of hydrogen-bond acceptors (Lipinski definition) is 6. The molecule has 0 aliphatic carbocycles. The van der Waals surface area contributed by atoms with E-state index >= 15 is 0 Å². The third-order valence-electron chi connectivity index (χ3n) is 4.97. The standard InChI is InChI=1S/C21H23N3O3S2/c1-13-11-23-18(28-13)7-8-22-21(26)20-19(15-5-3-4-6-17(15)29-20)16-12-24(14(2)25)9-10-27-16/h3-6,11,16H,7-10,12H2,1-2H3,(H,22,26). The van der Waals surface area contributed by atoms with Crippen molar-refractivity contribution in [2.45, 2.75) is 26.4 Å². The maximum absolute atomic E-state index is 13.0. The molecule has 1 fully saturated rings. The largest absolute Gasteiger partial charge is 0.370 e. The van der Waals surface area contributed by atoms with Crippen LogP contribution in [0.1, 0.15) is 38.1 Å². The van der Waals surface area contributed by atoms with Crippen molar-refractivity contribution >= 4 is 44.6 Å². The monoisotopic (exact) mass is 429 g/mol. The van der Waals surface area contributed by atoms with Crippen LogP contribution in [0, 0.1) is 6.92 Å². The number of fused-ring (bicyclic) bond motifs is 1. The van der Waals surface area contributed by atoms with E-state index in [9.17, 15) is 9.59 Å². The molecule has 1 aliphatic heterocycles. The molecule has 1 saturated heterocycles. The molecule has 0 saturated carbocycles. The summed E-state index contributed by atoms with van der Waals surface area (Å²) >= 11 is 3.13. The van der Waals surface area contributed by atoms with Crippen molar-refractivity contribution in [1.29, 1.82) is 0 Å². The van der Waals surface area contributed by atoms with Crippen molar-refractivity contribution in [1.82, 2.24) is 15.2 Å². The number of ether oxygens (including phenoxy) is 1. The minimum atomic E-state index is -0.300. The summed E-state index contributed by atoms with van der Waals surface area (Å²) in [6.07, 6.45) is 2.27. The van der Waals surface area contributed by atoms with Gasteiger partial charge in [-0.3, -0.25) is 9.59 Å². The van der Waals surface area contributed by atoms with Crippen LogP contribution in [0.3, 0.4) is 0 Å². The first-order valence-corrected chi connectivity index (χ1v) is 11.2. The molecule has 1 aliphatic rings. The van der Waals surface area contributed by atoms with Gasteiger partial charge in [0.05, 0.1) is 23.0 Å². The highest BCUT2D eigenvalue weighted by Crippen LogP contribution is 2.38. The summed E-state index contributed by atoms with van der Waals surface area (Å²) in [4.78, 5) is 32.9. The Balaban J connectivity index is 1.57. The Labute approximate surface area is 177 Å². The predicted octanol–water partition coefficient (Wildman–Crippen LogP) is 3.56. The van der Waals surface area contributed by atoms with Crippen LogP contribution in [-0.2, 0) is 16.0 Å². The molecular weight excluding hydrogens is 406 g/mol. The number of aryl methyl sites for hydroxylation is 1. The first-order chi connectivity index (χ1) is 14.0. The van der Waals surface area contributed by atoms with Crippen molar-refractivity contribution in [3.63, 3.8) is 0 Å². The van der Waals surface area contributed by atoms with Crippen LogP contribution in [0.2, 0.25) is 0 Å². The van der Waals surface area contributed by atoms with Gasteiger partial charge in [0.1, 0.15) is 6.10 Å². The van der Waals surface area contributed by atoms with Crippen LogP contribution in [0.15, 0.2) is 30.5 Å². The molecule has 0 spiro atoms. The average molecular weight is 430 g/mol. The van der Waals surface area contributed by atoms with Crippen LogP contribution in [0.4, 0.5) is 0 Å². The van der Waals surface area contributed by atoms with Gasteiger partial charge in [-0.1, -0.05) is 18.2 Å². The first kappa shape index (κ1) is 20.0. The zero-order chi connectivity index (χ0) is 20.4. The van der Waals surface area contributed by atoms with Gasteiger partial charge in [-0.2, -0.15) is 0 Å². The number of carbonyl (C=O) groups excluding carboxylic acids is 2. The highest BCUT2D eigenvalue weighted by atomic mass is 32.1. The molecule has 4 rings (SSSR count). The number of rotatable bonds is 5. The van der Waals surface area contributed by atoms with E-state index in [2.05, 4.69) is 10.3 Å². The molecule has 8 heteroatoms. The zero-order valence-corrected chi connectivity index (χ0v) is 18.1. The molecular formula is C21H23N3O3S2. The predicted molar refractivity (Wildman–Crippen MR) is 116 cm³/mol. The number of carbonyl (C=O) groups is 2. The highest BCUT2D eigenvalue weighted by molar-refractivity contribution is 7.21. The Morgan fingerprint density at radius 2 is 2.14 bits per heavy atom. The molecule has 0 radical (unpaired) electrons. The van der Waals surface area contributed by atoms with Gasteiger partial charge in [0.25, 0.3) is 5.91 Å². The maximum atomic E-state index is 13.0. The Morgan fingerprint density at radius 1 is 1.31 bits per heavy atom. The van der Waals surface area contributed by atoms with E-state index in [1.807, 2.05) is 37.4 Å². The van der Waals surface area contributed by atoms with E-state index in [-0.39, 0.29) is 17.9 Å². The Kier molecular flexibility index (Phi) is 5.94. The lowest BCUT2D eigenvalue weighted by Crippen LogP contribution is -2.41. The summed E-state index contributed by atoms with van der Waals surface area (Å²) in [6, 6.07) is 7.98. The number of nitrogens with zero attached hydrogens (tertiary/aromatic N) is 2. The van der Waals surface area contributed by atoms with E-state index in [4.69, 9.17) is 4.74 Å². The van der Waals surface area contributed by atoms with E-state index in [1.165, 1.54) is 16.2 Å². The smallest absolute Gasteiger partial charge is 0.261 e. The molecule has 1 N–H and O–H groups in total. The molecule has 0 bridgehead atoms. The topological polar surface area (TPSA) is 71.5 Å². The third kappa shape index (κ3) is 4.34. The Bertz CT molecular complexity index is 1040. The summed E-state index contributed by atoms with van der Waals surface area (Å²) in [7, 11) is 0. The number of hydrogen-bond donors (Lipinski definition) is 1. The van der Waals surface area contributed by atoms with Gasteiger partial charge in [-0.15, -0.1) is 22.7 Å². The van der Waals surface area contributed by atoms with Gasteiger partial charge in [-0.05, 0) is 18.4 Å². The molecule has 6 nitrogen and oxygen atoms in total. The van der Waals surface area contributed by atoms with E-state index in [1.54, 1.807) is 23.2 Å². The van der Waals surface area contributed by atoms with E-state index < -0.39 is 0 Å². The van der Waals surface area contributed by atoms with Crippen LogP contribution in [0.25, 0.3) is 10.1 Å². The van der Waals surface area contributed by atoms with Gasteiger partial charge in [0.15, 0.2) is 0 Å². The summed E-state index contributed by atoms with van der Waals surface area (Å²) in [6.45, 7) is 5.65. The SMILES string of the molecule is CC(=O)N1CCOC(c2c(C(=O)NCCc3ncc(C)s3)sc3ccccc23)C1. The molecule has 3 aromatic rings. The molecule has 2 aromatic heterocycles. The molecule has 29 heavy (non-hydrogen) atoms. The van der Waals surface area contributed by atoms with Crippen LogP contribution >= 0.6 is 22.7 Å². The van der Waals surface area contributed by atoms with Gasteiger partial charge in [0.2, 0.25) is 5.91 Å². The molecule has 1 atom stereocenters. The molecule has 2 amide bonds. The third-order valence-corrected chi connectivity index (χ3v) is 7.13. The van der Waals surface area contributed by atoms with Crippen LogP contribution < -0.4 is 5.32 Å². The fraction of sp³-hybridized carbons (Fsp3) is 0.381. The van der Waals surface area contributed by atoms with Gasteiger partial charge >= 0.3 is 0 Å². The van der Waals surface area contributed by atoms with Crippen LogP contribution in [-0.4, -0.2) is 47.9 Å². The van der Waals surface area contributed by atoms with E-state index in [0.717, 1.165) is 20.7 Å². The van der Waals surface area contributed by atoms with Gasteiger partial charge in [0, 0.05) is 47.8 Å². The number of thiophene rings is 1. The molecule has 152 valence electrons. The lowest BCUT2D eigenvalue weighted by atomic mass is 10.0. The number of nitrogens with one attached hydrogen (secondary N) is 1. The second kappa shape index (κ2) is 8.61. The Morgan fingerprint density at radius 3 is 2.90 bits per heavy atom.